The number of amides is 1. The van der Waals surface area contributed by atoms with E-state index in [-0.39, 0.29) is 22.0 Å². The summed E-state index contributed by atoms with van der Waals surface area (Å²) in [5, 5.41) is 4.51. The number of hydrogen-bond donors (Lipinski definition) is 1. The van der Waals surface area contributed by atoms with E-state index in [0.717, 1.165) is 20.9 Å². The zero-order chi connectivity index (χ0) is 26.9. The van der Waals surface area contributed by atoms with Gasteiger partial charge in [0.15, 0.2) is 0 Å². The standard InChI is InChI=1S/C27H23Cl2N3O5/c1-31-14-19(25(34)32(2)27(31)36)18-12-11-15(16-7-4-5-8-17(16)18)13-22(26(35)37-3)30-24(33)23-20(28)9-6-10-21(23)29/h4-12,14,22H,13H2,1-3H3,(H,30,33)/t22-/m0/s1. The molecule has 0 radical (unpaired) electrons. The Hall–Kier alpha value is -3.88. The number of nitrogens with one attached hydrogen (secondary N) is 1. The van der Waals surface area contributed by atoms with Crippen LogP contribution in [0.5, 0.6) is 0 Å². The summed E-state index contributed by atoms with van der Waals surface area (Å²) in [5.74, 6) is -1.25. The van der Waals surface area contributed by atoms with Gasteiger partial charge in [-0.15, -0.1) is 0 Å². The van der Waals surface area contributed by atoms with Gasteiger partial charge in [0, 0.05) is 26.7 Å². The van der Waals surface area contributed by atoms with E-state index < -0.39 is 29.2 Å². The van der Waals surface area contributed by atoms with Gasteiger partial charge in [-0.3, -0.25) is 14.2 Å². The Morgan fingerprint density at radius 1 is 0.919 bits per heavy atom. The van der Waals surface area contributed by atoms with E-state index in [1.807, 2.05) is 24.3 Å². The Morgan fingerprint density at radius 3 is 2.22 bits per heavy atom. The van der Waals surface area contributed by atoms with Crippen molar-refractivity contribution in [2.45, 2.75) is 12.5 Å². The molecule has 1 atom stereocenters. The fourth-order valence-electron chi connectivity index (χ4n) is 4.27. The predicted molar refractivity (Wildman–Crippen MR) is 143 cm³/mol. The van der Waals surface area contributed by atoms with Crippen molar-refractivity contribution in [1.82, 2.24) is 14.5 Å². The average molecular weight is 540 g/mol. The summed E-state index contributed by atoms with van der Waals surface area (Å²) in [5.41, 5.74) is 0.949. The van der Waals surface area contributed by atoms with Gasteiger partial charge in [-0.2, -0.15) is 0 Å². The number of ether oxygens (including phenoxy) is 1. The number of methoxy groups -OCH3 is 1. The highest BCUT2D eigenvalue weighted by Crippen LogP contribution is 2.30. The maximum atomic E-state index is 13.0. The number of nitrogens with zero attached hydrogens (tertiary/aromatic N) is 2. The molecule has 37 heavy (non-hydrogen) atoms. The predicted octanol–water partition coefficient (Wildman–Crippen LogP) is 3.73. The Kier molecular flexibility index (Phi) is 7.52. The summed E-state index contributed by atoms with van der Waals surface area (Å²) in [7, 11) is 4.25. The molecule has 0 unspecified atom stereocenters. The molecule has 0 saturated carbocycles. The molecule has 0 bridgehead atoms. The first-order chi connectivity index (χ1) is 17.6. The van der Waals surface area contributed by atoms with Crippen LogP contribution in [0.3, 0.4) is 0 Å². The van der Waals surface area contributed by atoms with Gasteiger partial charge in [0.25, 0.3) is 11.5 Å². The zero-order valence-corrected chi connectivity index (χ0v) is 21.8. The molecule has 0 fully saturated rings. The molecule has 1 aromatic heterocycles. The fourth-order valence-corrected chi connectivity index (χ4v) is 4.84. The van der Waals surface area contributed by atoms with Crippen LogP contribution < -0.4 is 16.6 Å². The fraction of sp³-hybridized carbons (Fsp3) is 0.185. The van der Waals surface area contributed by atoms with Crippen molar-refractivity contribution in [1.29, 1.82) is 0 Å². The highest BCUT2D eigenvalue weighted by Gasteiger charge is 2.26. The summed E-state index contributed by atoms with van der Waals surface area (Å²) >= 11 is 12.3. The molecule has 0 aliphatic carbocycles. The number of esters is 1. The number of hydrogen-bond acceptors (Lipinski definition) is 5. The summed E-state index contributed by atoms with van der Waals surface area (Å²) in [6, 6.07) is 14.6. The molecular weight excluding hydrogens is 517 g/mol. The lowest BCUT2D eigenvalue weighted by Gasteiger charge is -2.19. The van der Waals surface area contributed by atoms with Crippen molar-refractivity contribution in [3.8, 4) is 11.1 Å². The normalized spacial score (nSPS) is 11.8. The number of halogens is 2. The molecule has 0 aliphatic rings. The van der Waals surface area contributed by atoms with Crippen LogP contribution in [0.1, 0.15) is 15.9 Å². The summed E-state index contributed by atoms with van der Waals surface area (Å²) in [6.45, 7) is 0. The van der Waals surface area contributed by atoms with Gasteiger partial charge in [0.05, 0.1) is 28.3 Å². The second kappa shape index (κ2) is 10.6. The topological polar surface area (TPSA) is 99.4 Å². The Labute approximate surface area is 222 Å². The molecule has 3 aromatic carbocycles. The van der Waals surface area contributed by atoms with Crippen LogP contribution in [0, 0.1) is 0 Å². The number of fused-ring (bicyclic) bond motifs is 1. The number of carbonyl (C=O) groups is 2. The van der Waals surface area contributed by atoms with Crippen LogP contribution in [0.4, 0.5) is 0 Å². The molecule has 10 heteroatoms. The van der Waals surface area contributed by atoms with Gasteiger partial charge < -0.3 is 14.6 Å². The minimum atomic E-state index is -1.04. The lowest BCUT2D eigenvalue weighted by Crippen LogP contribution is -2.43. The molecule has 0 saturated heterocycles. The van der Waals surface area contributed by atoms with Gasteiger partial charge >= 0.3 is 11.7 Å². The molecule has 0 aliphatic heterocycles. The molecule has 8 nitrogen and oxygen atoms in total. The van der Waals surface area contributed by atoms with Crippen molar-refractivity contribution >= 4 is 45.9 Å². The summed E-state index contributed by atoms with van der Waals surface area (Å²) < 4.78 is 7.35. The Balaban J connectivity index is 1.77. The molecule has 4 rings (SSSR count). The largest absolute Gasteiger partial charge is 0.467 e. The third-order valence-corrected chi connectivity index (χ3v) is 6.79. The van der Waals surface area contributed by atoms with Crippen LogP contribution in [-0.4, -0.2) is 34.2 Å². The van der Waals surface area contributed by atoms with Crippen LogP contribution >= 0.6 is 23.2 Å². The van der Waals surface area contributed by atoms with Crippen molar-refractivity contribution in [2.24, 2.45) is 14.1 Å². The van der Waals surface area contributed by atoms with E-state index in [4.69, 9.17) is 27.9 Å². The Bertz CT molecular complexity index is 1640. The van der Waals surface area contributed by atoms with E-state index in [1.165, 1.54) is 37.1 Å². The van der Waals surface area contributed by atoms with Crippen LogP contribution in [0.25, 0.3) is 21.9 Å². The van der Waals surface area contributed by atoms with Crippen LogP contribution in [0.15, 0.2) is 70.4 Å². The lowest BCUT2D eigenvalue weighted by molar-refractivity contribution is -0.142. The summed E-state index contributed by atoms with van der Waals surface area (Å²) in [4.78, 5) is 50.7. The monoisotopic (exact) mass is 539 g/mol. The first-order valence-corrected chi connectivity index (χ1v) is 12.0. The smallest absolute Gasteiger partial charge is 0.330 e. The van der Waals surface area contributed by atoms with E-state index >= 15 is 0 Å². The van der Waals surface area contributed by atoms with E-state index in [0.29, 0.717) is 11.1 Å². The molecule has 1 N–H and O–H groups in total. The van der Waals surface area contributed by atoms with E-state index in [2.05, 4.69) is 5.32 Å². The molecule has 190 valence electrons. The van der Waals surface area contributed by atoms with Crippen molar-refractivity contribution in [2.75, 3.05) is 7.11 Å². The summed E-state index contributed by atoms with van der Waals surface area (Å²) in [6.07, 6.45) is 1.61. The zero-order valence-electron chi connectivity index (χ0n) is 20.2. The van der Waals surface area contributed by atoms with Crippen LogP contribution in [-0.2, 0) is 30.0 Å². The number of carbonyl (C=O) groups excluding carboxylic acids is 2. The highest BCUT2D eigenvalue weighted by atomic mass is 35.5. The average Bonchev–Trinajstić information content (AvgIpc) is 2.89. The first kappa shape index (κ1) is 26.2. The highest BCUT2D eigenvalue weighted by molar-refractivity contribution is 6.39. The van der Waals surface area contributed by atoms with Gasteiger partial charge in [-0.1, -0.05) is 65.7 Å². The Morgan fingerprint density at radius 2 is 1.57 bits per heavy atom. The molecule has 4 aromatic rings. The van der Waals surface area contributed by atoms with Crippen molar-refractivity contribution in [3.63, 3.8) is 0 Å². The number of aryl methyl sites for hydroxylation is 1. The second-order valence-corrected chi connectivity index (χ2v) is 9.28. The SMILES string of the molecule is COC(=O)[C@H](Cc1ccc(-c2cn(C)c(=O)n(C)c2=O)c2ccccc12)NC(=O)c1c(Cl)cccc1Cl. The van der Waals surface area contributed by atoms with E-state index in [9.17, 15) is 19.2 Å². The quantitative estimate of drug-likeness (QED) is 0.376. The number of rotatable bonds is 6. The van der Waals surface area contributed by atoms with Gasteiger partial charge in [0.1, 0.15) is 6.04 Å². The maximum Gasteiger partial charge on any atom is 0.330 e. The maximum absolute atomic E-state index is 13.0. The first-order valence-electron chi connectivity index (χ1n) is 11.2. The van der Waals surface area contributed by atoms with Gasteiger partial charge in [-0.25, -0.2) is 9.59 Å². The molecule has 1 heterocycles. The van der Waals surface area contributed by atoms with Crippen LogP contribution in [0.2, 0.25) is 10.0 Å². The molecule has 0 spiro atoms. The van der Waals surface area contributed by atoms with Gasteiger partial charge in [-0.05, 0) is 34.0 Å². The molecule has 1 amide bonds. The molecular formula is C27H23Cl2N3O5. The van der Waals surface area contributed by atoms with Gasteiger partial charge in [0.2, 0.25) is 0 Å². The third-order valence-electron chi connectivity index (χ3n) is 6.16. The second-order valence-electron chi connectivity index (χ2n) is 8.47. The lowest BCUT2D eigenvalue weighted by atomic mass is 9.93. The minimum Gasteiger partial charge on any atom is -0.467 e. The number of aromatic nitrogens is 2. The minimum absolute atomic E-state index is 0.0606. The third kappa shape index (κ3) is 5.03. The van der Waals surface area contributed by atoms with Crippen molar-refractivity contribution < 1.29 is 14.3 Å². The van der Waals surface area contributed by atoms with Crippen molar-refractivity contribution in [3.05, 3.63) is 103 Å². The number of benzene rings is 3. The van der Waals surface area contributed by atoms with E-state index in [1.54, 1.807) is 25.2 Å².